The highest BCUT2D eigenvalue weighted by atomic mass is 32.2. The molecule has 1 aliphatic rings. The summed E-state index contributed by atoms with van der Waals surface area (Å²) in [6.45, 7) is 5.39. The molecule has 6 heteroatoms. The van der Waals surface area contributed by atoms with Gasteiger partial charge in [0.05, 0.1) is 5.92 Å². The summed E-state index contributed by atoms with van der Waals surface area (Å²) < 4.78 is 11.2. The van der Waals surface area contributed by atoms with E-state index in [1.54, 1.807) is 25.0 Å². The molecule has 5 unspecified atom stereocenters. The van der Waals surface area contributed by atoms with Crippen molar-refractivity contribution in [1.82, 2.24) is 4.90 Å². The van der Waals surface area contributed by atoms with Crippen LogP contribution in [0.4, 0.5) is 0 Å². The fraction of sp³-hybridized carbons (Fsp3) is 0.833. The molecule has 0 saturated carbocycles. The average Bonchev–Trinajstić information content (AvgIpc) is 2.13. The van der Waals surface area contributed by atoms with Gasteiger partial charge in [-0.1, -0.05) is 6.92 Å². The Morgan fingerprint density at radius 2 is 2.11 bits per heavy atom. The lowest BCUT2D eigenvalue weighted by Crippen LogP contribution is -2.56. The van der Waals surface area contributed by atoms with E-state index in [-0.39, 0.29) is 30.3 Å². The fourth-order valence-electron chi connectivity index (χ4n) is 2.90. The van der Waals surface area contributed by atoms with Crippen molar-refractivity contribution in [1.29, 1.82) is 0 Å². The number of nitrogens with zero attached hydrogens (tertiary/aromatic N) is 1. The molecular weight excluding hydrogens is 254 g/mol. The predicted octanol–water partition coefficient (Wildman–Crippen LogP) is 0.711. The molecule has 0 bridgehead atoms. The first kappa shape index (κ1) is 15.1. The maximum absolute atomic E-state index is 12.0. The number of hydrogen-bond acceptors (Lipinski definition) is 3. The van der Waals surface area contributed by atoms with Crippen LogP contribution < -0.4 is 0 Å². The molecule has 0 radical (unpaired) electrons. The van der Waals surface area contributed by atoms with E-state index in [4.69, 9.17) is 0 Å². The molecule has 0 aromatic carbocycles. The molecule has 1 N–H and O–H groups in total. The highest BCUT2D eigenvalue weighted by molar-refractivity contribution is 7.84. The number of likely N-dealkylation sites (tertiary alicyclic amines) is 1. The van der Waals surface area contributed by atoms with E-state index in [0.29, 0.717) is 5.75 Å². The van der Waals surface area contributed by atoms with Gasteiger partial charge in [0.1, 0.15) is 0 Å². The maximum atomic E-state index is 12.0. The number of hydrogen-bond donors (Lipinski definition) is 1. The third-order valence-electron chi connectivity index (χ3n) is 3.59. The second-order valence-electron chi connectivity index (χ2n) is 5.18. The molecule has 1 amide bonds. The molecule has 0 aromatic heterocycles. The molecule has 1 fully saturated rings. The van der Waals surface area contributed by atoms with E-state index < -0.39 is 22.7 Å². The molecule has 5 atom stereocenters. The molecule has 1 saturated heterocycles. The monoisotopic (exact) mass is 275 g/mol. The highest BCUT2D eigenvalue weighted by Gasteiger charge is 2.43. The second kappa shape index (κ2) is 5.82. The molecule has 0 spiro atoms. The first-order valence-electron chi connectivity index (χ1n) is 6.09. The zero-order valence-electron chi connectivity index (χ0n) is 11.3. The van der Waals surface area contributed by atoms with Crippen molar-refractivity contribution in [3.8, 4) is 0 Å². The lowest BCUT2D eigenvalue weighted by Gasteiger charge is -2.43. The van der Waals surface area contributed by atoms with Crippen molar-refractivity contribution >= 4 is 22.7 Å². The smallest absolute Gasteiger partial charge is 0.308 e. The summed E-state index contributed by atoms with van der Waals surface area (Å²) in [6, 6.07) is -0.537. The number of piperidine rings is 1. The summed E-state index contributed by atoms with van der Waals surface area (Å²) in [5.74, 6) is -1.21. The van der Waals surface area contributed by atoms with Gasteiger partial charge in [0.2, 0.25) is 5.91 Å². The highest BCUT2D eigenvalue weighted by Crippen LogP contribution is 2.31. The van der Waals surface area contributed by atoms with Crippen LogP contribution in [0.1, 0.15) is 27.2 Å². The number of carboxylic acid groups (broad SMARTS) is 1. The van der Waals surface area contributed by atoms with Gasteiger partial charge in [0.25, 0.3) is 0 Å². The van der Waals surface area contributed by atoms with E-state index in [1.807, 2.05) is 6.92 Å². The topological polar surface area (TPSA) is 74.7 Å². The van der Waals surface area contributed by atoms with Gasteiger partial charge in [0, 0.05) is 41.3 Å². The number of carbonyl (C=O) groups is 2. The third-order valence-corrected chi connectivity index (χ3v) is 4.54. The van der Waals surface area contributed by atoms with Crippen LogP contribution in [0.25, 0.3) is 0 Å². The Balaban J connectivity index is 2.92. The molecule has 104 valence electrons. The van der Waals surface area contributed by atoms with E-state index >= 15 is 0 Å². The van der Waals surface area contributed by atoms with Crippen LogP contribution in [0.3, 0.4) is 0 Å². The molecule has 1 rings (SSSR count). The van der Waals surface area contributed by atoms with Crippen molar-refractivity contribution in [3.05, 3.63) is 0 Å². The Bertz CT molecular complexity index is 371. The van der Waals surface area contributed by atoms with Crippen molar-refractivity contribution in [2.45, 2.75) is 39.3 Å². The number of carbonyl (C=O) groups excluding carboxylic acids is 1. The van der Waals surface area contributed by atoms with Gasteiger partial charge in [-0.2, -0.15) is 0 Å². The summed E-state index contributed by atoms with van der Waals surface area (Å²) in [6.07, 6.45) is 1.84. The van der Waals surface area contributed by atoms with Crippen LogP contribution in [0.5, 0.6) is 0 Å². The molecule has 1 aliphatic heterocycles. The van der Waals surface area contributed by atoms with Gasteiger partial charge in [-0.15, -0.1) is 0 Å². The normalized spacial score (nSPS) is 32.1. The van der Waals surface area contributed by atoms with Gasteiger partial charge in [-0.05, 0) is 19.8 Å². The number of aliphatic carboxylic acids is 1. The van der Waals surface area contributed by atoms with Gasteiger partial charge in [-0.3, -0.25) is 13.8 Å². The SMILES string of the molecule is CC1CC(=O)N(C(C)CS(C)=O)C(C)C1C(=O)O. The lowest BCUT2D eigenvalue weighted by molar-refractivity contribution is -0.156. The quantitative estimate of drug-likeness (QED) is 0.820. The Morgan fingerprint density at radius 3 is 2.56 bits per heavy atom. The zero-order chi connectivity index (χ0) is 14.0. The standard InChI is InChI=1S/C12H21NO4S/c1-7-5-10(14)13(8(2)6-18(4)17)9(3)11(7)12(15)16/h7-9,11H,5-6H2,1-4H3,(H,15,16). The average molecular weight is 275 g/mol. The molecule has 0 aliphatic carbocycles. The summed E-state index contributed by atoms with van der Waals surface area (Å²) >= 11 is 0. The van der Waals surface area contributed by atoms with Crippen LogP contribution in [0.15, 0.2) is 0 Å². The van der Waals surface area contributed by atoms with Crippen molar-refractivity contribution in [2.75, 3.05) is 12.0 Å². The Hall–Kier alpha value is -0.910. The van der Waals surface area contributed by atoms with Crippen LogP contribution in [0.2, 0.25) is 0 Å². The molecule has 5 nitrogen and oxygen atoms in total. The van der Waals surface area contributed by atoms with E-state index in [1.165, 1.54) is 0 Å². The summed E-state index contributed by atoms with van der Waals surface area (Å²) in [5, 5.41) is 9.25. The van der Waals surface area contributed by atoms with E-state index in [0.717, 1.165) is 0 Å². The Morgan fingerprint density at radius 1 is 1.56 bits per heavy atom. The minimum Gasteiger partial charge on any atom is -0.481 e. The number of rotatable bonds is 4. The van der Waals surface area contributed by atoms with Crippen LogP contribution in [0, 0.1) is 11.8 Å². The summed E-state index contributed by atoms with van der Waals surface area (Å²) in [4.78, 5) is 24.9. The predicted molar refractivity (Wildman–Crippen MR) is 69.6 cm³/mol. The number of carboxylic acids is 1. The second-order valence-corrected chi connectivity index (χ2v) is 6.66. The lowest BCUT2D eigenvalue weighted by atomic mass is 9.80. The van der Waals surface area contributed by atoms with Crippen LogP contribution in [-0.4, -0.2) is 50.2 Å². The van der Waals surface area contributed by atoms with Crippen LogP contribution in [-0.2, 0) is 20.4 Å². The molecule has 0 aromatic rings. The first-order chi connectivity index (χ1) is 8.25. The first-order valence-corrected chi connectivity index (χ1v) is 7.82. The largest absolute Gasteiger partial charge is 0.481 e. The molecular formula is C12H21NO4S. The van der Waals surface area contributed by atoms with Gasteiger partial charge < -0.3 is 10.0 Å². The summed E-state index contributed by atoms with van der Waals surface area (Å²) in [5.41, 5.74) is 0. The minimum absolute atomic E-state index is 0.0366. The Labute approximate surface area is 110 Å². The Kier molecular flexibility index (Phi) is 4.90. The van der Waals surface area contributed by atoms with Crippen molar-refractivity contribution in [2.24, 2.45) is 11.8 Å². The molecule has 1 heterocycles. The van der Waals surface area contributed by atoms with Crippen molar-refractivity contribution < 1.29 is 18.9 Å². The van der Waals surface area contributed by atoms with Crippen LogP contribution >= 0.6 is 0 Å². The van der Waals surface area contributed by atoms with E-state index in [9.17, 15) is 18.9 Å². The third kappa shape index (κ3) is 3.10. The maximum Gasteiger partial charge on any atom is 0.308 e. The van der Waals surface area contributed by atoms with Gasteiger partial charge in [-0.25, -0.2) is 0 Å². The van der Waals surface area contributed by atoms with Gasteiger partial charge in [0.15, 0.2) is 0 Å². The van der Waals surface area contributed by atoms with Crippen molar-refractivity contribution in [3.63, 3.8) is 0 Å². The molecule has 18 heavy (non-hydrogen) atoms. The number of amides is 1. The summed E-state index contributed by atoms with van der Waals surface area (Å²) in [7, 11) is -0.999. The zero-order valence-corrected chi connectivity index (χ0v) is 12.1. The fourth-order valence-corrected chi connectivity index (χ4v) is 3.74. The van der Waals surface area contributed by atoms with Gasteiger partial charge >= 0.3 is 5.97 Å². The minimum atomic E-state index is -0.999. The van der Waals surface area contributed by atoms with E-state index in [2.05, 4.69) is 0 Å².